The normalized spacial score (nSPS) is 12.3. The van der Waals surface area contributed by atoms with Gasteiger partial charge >= 0.3 is 0 Å². The van der Waals surface area contributed by atoms with Crippen LogP contribution in [0.4, 0.5) is 0 Å². The number of hydrogen-bond acceptors (Lipinski definition) is 2. The van der Waals surface area contributed by atoms with Crippen LogP contribution in [0, 0.1) is 0 Å². The second kappa shape index (κ2) is 11.0. The van der Waals surface area contributed by atoms with Crippen molar-refractivity contribution in [2.24, 2.45) is 0 Å². The van der Waals surface area contributed by atoms with Gasteiger partial charge in [-0.3, -0.25) is 0 Å². The first kappa shape index (κ1) is 29.9. The van der Waals surface area contributed by atoms with Crippen LogP contribution in [0.2, 0.25) is 0 Å². The quantitative estimate of drug-likeness (QED) is 0.171. The summed E-state index contributed by atoms with van der Waals surface area (Å²) in [5.74, 6) is 0. The maximum Gasteiger partial charge on any atom is 0.143 e. The van der Waals surface area contributed by atoms with Crippen molar-refractivity contribution in [1.82, 2.24) is 9.38 Å². The average molecular weight is 711 g/mol. The van der Waals surface area contributed by atoms with Crippen molar-refractivity contribution in [2.45, 2.75) is 0 Å². The summed E-state index contributed by atoms with van der Waals surface area (Å²) in [5, 5.41) is 13.3. The molecule has 4 heterocycles. The number of benzene rings is 9. The van der Waals surface area contributed by atoms with E-state index in [2.05, 4.69) is 186 Å². The first-order valence-electron chi connectivity index (χ1n) is 19.2. The summed E-state index contributed by atoms with van der Waals surface area (Å²) >= 11 is 0. The van der Waals surface area contributed by atoms with Crippen molar-refractivity contribution in [3.8, 4) is 33.5 Å². The van der Waals surface area contributed by atoms with Crippen molar-refractivity contribution in [2.75, 3.05) is 0 Å². The lowest BCUT2D eigenvalue weighted by atomic mass is 9.94. The van der Waals surface area contributed by atoms with Crippen molar-refractivity contribution < 1.29 is 4.42 Å². The fourth-order valence-corrected chi connectivity index (χ4v) is 9.58. The number of para-hydroxylation sites is 4. The molecule has 0 bridgehead atoms. The van der Waals surface area contributed by atoms with Crippen LogP contribution >= 0.6 is 0 Å². The van der Waals surface area contributed by atoms with Gasteiger partial charge in [0.15, 0.2) is 0 Å². The standard InChI is InChI=1S/C53H30N2O/c1-2-11-31(12-3-1)51-41-25-26-48-50(49(41)40-15-4-7-18-45(40)54-51)42-17-10-16-37(53(42)56-48)35-24-23-32-27-34(22-21-33(32)28-35)36-29-43-38-13-5-8-19-46(38)55-47-20-9-6-14-39(47)44(30-36)52(43)55/h1-30H. The SMILES string of the molecule is c1ccc(-c2nc3ccccc3c3c2ccc2oc4c(-c5ccc6cc(-c7cc8c9ccccc9n9c%10ccccc%10c(c7)c89)ccc6c5)cccc4c23)cc1. The van der Waals surface area contributed by atoms with Gasteiger partial charge in [0.25, 0.3) is 0 Å². The minimum absolute atomic E-state index is 0.881. The molecule has 56 heavy (non-hydrogen) atoms. The van der Waals surface area contributed by atoms with Crippen LogP contribution in [0.15, 0.2) is 186 Å². The van der Waals surface area contributed by atoms with Crippen LogP contribution in [0.5, 0.6) is 0 Å². The van der Waals surface area contributed by atoms with Gasteiger partial charge in [-0.25, -0.2) is 4.98 Å². The third-order valence-corrected chi connectivity index (χ3v) is 12.1. The molecule has 4 aromatic heterocycles. The fraction of sp³-hybridized carbons (Fsp3) is 0. The van der Waals surface area contributed by atoms with E-state index in [9.17, 15) is 0 Å². The second-order valence-electron chi connectivity index (χ2n) is 15.1. The molecule has 0 saturated heterocycles. The van der Waals surface area contributed by atoms with E-state index in [4.69, 9.17) is 9.40 Å². The lowest BCUT2D eigenvalue weighted by Gasteiger charge is -2.11. The Bertz CT molecular complexity index is 3680. The third kappa shape index (κ3) is 4.04. The second-order valence-corrected chi connectivity index (χ2v) is 15.1. The Kier molecular flexibility index (Phi) is 5.89. The van der Waals surface area contributed by atoms with Gasteiger partial charge < -0.3 is 8.82 Å². The highest BCUT2D eigenvalue weighted by Crippen LogP contribution is 2.45. The fourth-order valence-electron chi connectivity index (χ4n) is 9.58. The molecule has 258 valence electrons. The van der Waals surface area contributed by atoms with E-state index in [1.165, 1.54) is 65.4 Å². The Balaban J connectivity index is 0.975. The van der Waals surface area contributed by atoms with Gasteiger partial charge in [0.1, 0.15) is 11.2 Å². The highest BCUT2D eigenvalue weighted by Gasteiger charge is 2.21. The van der Waals surface area contributed by atoms with Crippen molar-refractivity contribution in [1.29, 1.82) is 0 Å². The van der Waals surface area contributed by atoms with E-state index in [-0.39, 0.29) is 0 Å². The van der Waals surface area contributed by atoms with Crippen LogP contribution in [0.25, 0.3) is 126 Å². The lowest BCUT2D eigenvalue weighted by Crippen LogP contribution is -1.90. The molecule has 13 aromatic rings. The smallest absolute Gasteiger partial charge is 0.143 e. The van der Waals surface area contributed by atoms with Crippen molar-refractivity contribution in [3.63, 3.8) is 0 Å². The van der Waals surface area contributed by atoms with Crippen molar-refractivity contribution >= 4 is 92.5 Å². The monoisotopic (exact) mass is 710 g/mol. The summed E-state index contributed by atoms with van der Waals surface area (Å²) in [7, 11) is 0. The van der Waals surface area contributed by atoms with Gasteiger partial charge in [-0.05, 0) is 82.1 Å². The Morgan fingerprint density at radius 1 is 0.393 bits per heavy atom. The Morgan fingerprint density at radius 2 is 1.04 bits per heavy atom. The molecule has 0 atom stereocenters. The van der Waals surface area contributed by atoms with E-state index in [1.54, 1.807) is 0 Å². The van der Waals surface area contributed by atoms with E-state index in [0.717, 1.165) is 60.6 Å². The number of hydrogen-bond donors (Lipinski definition) is 0. The highest BCUT2D eigenvalue weighted by atomic mass is 16.3. The molecule has 9 aromatic carbocycles. The Labute approximate surface area is 320 Å². The molecule has 0 spiro atoms. The first-order chi connectivity index (χ1) is 27.8. The zero-order valence-corrected chi connectivity index (χ0v) is 30.1. The summed E-state index contributed by atoms with van der Waals surface area (Å²) in [6.07, 6.45) is 0. The van der Waals surface area contributed by atoms with Crippen LogP contribution in [-0.4, -0.2) is 9.38 Å². The summed E-state index contributed by atoms with van der Waals surface area (Å²) in [6, 6.07) is 65.8. The molecule has 13 rings (SSSR count). The topological polar surface area (TPSA) is 30.4 Å². The molecule has 0 aliphatic carbocycles. The van der Waals surface area contributed by atoms with Gasteiger partial charge in [-0.2, -0.15) is 0 Å². The number of fused-ring (bicyclic) bond motifs is 14. The maximum absolute atomic E-state index is 6.82. The minimum atomic E-state index is 0.881. The largest absolute Gasteiger partial charge is 0.455 e. The number of nitrogens with zero attached hydrogens (tertiary/aromatic N) is 2. The van der Waals surface area contributed by atoms with Gasteiger partial charge in [-0.1, -0.05) is 127 Å². The van der Waals surface area contributed by atoms with Gasteiger partial charge in [0.05, 0.1) is 27.8 Å². The molecule has 0 unspecified atom stereocenters. The van der Waals surface area contributed by atoms with Gasteiger partial charge in [0, 0.05) is 59.6 Å². The predicted molar refractivity (Wildman–Crippen MR) is 235 cm³/mol. The van der Waals surface area contributed by atoms with Gasteiger partial charge in [0.2, 0.25) is 0 Å². The molecular formula is C53H30N2O. The maximum atomic E-state index is 6.82. The highest BCUT2D eigenvalue weighted by molar-refractivity contribution is 6.29. The molecule has 0 aliphatic heterocycles. The molecule has 3 heteroatoms. The summed E-state index contributed by atoms with van der Waals surface area (Å²) < 4.78 is 9.26. The molecule has 0 radical (unpaired) electrons. The number of pyridine rings is 1. The van der Waals surface area contributed by atoms with E-state index >= 15 is 0 Å². The van der Waals surface area contributed by atoms with E-state index in [0.29, 0.717) is 0 Å². The lowest BCUT2D eigenvalue weighted by molar-refractivity contribution is 0.670. The molecule has 3 nitrogen and oxygen atoms in total. The average Bonchev–Trinajstić information content (AvgIpc) is 3.93. The summed E-state index contributed by atoms with van der Waals surface area (Å²) in [6.45, 7) is 0. The van der Waals surface area contributed by atoms with Crippen LogP contribution in [0.3, 0.4) is 0 Å². The Hall–Kier alpha value is -7.49. The van der Waals surface area contributed by atoms with E-state index in [1.807, 2.05) is 0 Å². The summed E-state index contributed by atoms with van der Waals surface area (Å²) in [4.78, 5) is 5.18. The molecular weight excluding hydrogens is 681 g/mol. The molecule has 0 amide bonds. The molecule has 0 aliphatic rings. The van der Waals surface area contributed by atoms with Crippen LogP contribution < -0.4 is 0 Å². The number of furan rings is 1. The number of rotatable bonds is 3. The van der Waals surface area contributed by atoms with Gasteiger partial charge in [-0.15, -0.1) is 0 Å². The third-order valence-electron chi connectivity index (χ3n) is 12.1. The van der Waals surface area contributed by atoms with E-state index < -0.39 is 0 Å². The predicted octanol–water partition coefficient (Wildman–Crippen LogP) is 14.6. The minimum Gasteiger partial charge on any atom is -0.455 e. The van der Waals surface area contributed by atoms with Crippen LogP contribution in [-0.2, 0) is 0 Å². The molecule has 0 N–H and O–H groups in total. The summed E-state index contributed by atoms with van der Waals surface area (Å²) in [5.41, 5.74) is 13.3. The number of aromatic nitrogens is 2. The molecule has 0 saturated carbocycles. The Morgan fingerprint density at radius 3 is 1.80 bits per heavy atom. The first-order valence-corrected chi connectivity index (χ1v) is 19.2. The van der Waals surface area contributed by atoms with Crippen molar-refractivity contribution in [3.05, 3.63) is 182 Å². The molecule has 0 fully saturated rings. The van der Waals surface area contributed by atoms with Crippen LogP contribution in [0.1, 0.15) is 0 Å². The zero-order valence-electron chi connectivity index (χ0n) is 30.1. The zero-order chi connectivity index (χ0) is 36.5.